The van der Waals surface area contributed by atoms with Gasteiger partial charge in [-0.05, 0) is 48.2 Å². The Balaban J connectivity index is 1.94. The van der Waals surface area contributed by atoms with E-state index in [1.54, 1.807) is 0 Å². The predicted molar refractivity (Wildman–Crippen MR) is 145 cm³/mol. The highest BCUT2D eigenvalue weighted by Crippen LogP contribution is 2.37. The van der Waals surface area contributed by atoms with Crippen LogP contribution in [0.15, 0.2) is 85.0 Å². The van der Waals surface area contributed by atoms with Gasteiger partial charge in [0.2, 0.25) is 0 Å². The van der Waals surface area contributed by atoms with Crippen LogP contribution >= 0.6 is 0 Å². The molecule has 2 aromatic carbocycles. The van der Waals surface area contributed by atoms with Crippen LogP contribution in [0.1, 0.15) is 48.0 Å². The molecule has 5 heteroatoms. The van der Waals surface area contributed by atoms with Gasteiger partial charge in [0, 0.05) is 19.2 Å². The van der Waals surface area contributed by atoms with Gasteiger partial charge in [-0.15, -0.1) is 0 Å². The zero-order valence-electron chi connectivity index (χ0n) is 21.0. The largest absolute Gasteiger partial charge is 0.407 e. The zero-order valence-corrected chi connectivity index (χ0v) is 22.8. The molecule has 0 fully saturated rings. The molecule has 0 spiro atoms. The van der Waals surface area contributed by atoms with Crippen molar-refractivity contribution in [3.8, 4) is 0 Å². The summed E-state index contributed by atoms with van der Waals surface area (Å²) in [5.41, 5.74) is 1.15. The number of nitrogens with zero attached hydrogens (tertiary/aromatic N) is 1. The van der Waals surface area contributed by atoms with Gasteiger partial charge in [0.1, 0.15) is 11.0 Å². The Bertz CT molecular complexity index is 951. The van der Waals surface area contributed by atoms with Crippen LogP contribution in [0.3, 0.4) is 0 Å². The smallest absolute Gasteiger partial charge is 0.261 e. The number of hydrogen-bond donors (Lipinski definition) is 0. The van der Waals surface area contributed by atoms with Gasteiger partial charge >= 0.3 is 0 Å². The van der Waals surface area contributed by atoms with Crippen LogP contribution in [0.25, 0.3) is 0 Å². The molecule has 3 nitrogen and oxygen atoms in total. The molecule has 0 bridgehead atoms. The first-order valence-corrected chi connectivity index (χ1v) is 14.8. The topological polar surface area (TPSA) is 29.5 Å². The summed E-state index contributed by atoms with van der Waals surface area (Å²) in [6.45, 7) is 18.3. The van der Waals surface area contributed by atoms with E-state index < -0.39 is 19.3 Å². The molecule has 3 rings (SSSR count). The van der Waals surface area contributed by atoms with Crippen LogP contribution in [-0.2, 0) is 15.4 Å². The van der Waals surface area contributed by atoms with Crippen molar-refractivity contribution in [3.05, 3.63) is 85.0 Å². The standard InChI is InChI=1S/C28H39NO2SSi/c1-8-23-19-21-29(32(30)27(2,3)4)26(23)20-22-31-33(28(5,6)7,24-15-11-9-12-16-24)25-17-13-10-14-18-25/h8-19,26H,1,20-22H2,2-7H3/t26-,32-/m1/s1. The van der Waals surface area contributed by atoms with E-state index in [1.165, 1.54) is 10.4 Å². The lowest BCUT2D eigenvalue weighted by Crippen LogP contribution is -2.66. The van der Waals surface area contributed by atoms with E-state index in [1.807, 2.05) is 26.8 Å². The third kappa shape index (κ3) is 5.32. The van der Waals surface area contributed by atoms with E-state index in [4.69, 9.17) is 4.43 Å². The maximum atomic E-state index is 13.2. The van der Waals surface area contributed by atoms with Crippen molar-refractivity contribution in [2.45, 2.75) is 63.8 Å². The Morgan fingerprint density at radius 2 is 1.52 bits per heavy atom. The maximum Gasteiger partial charge on any atom is 0.261 e. The molecule has 1 aliphatic heterocycles. The normalized spacial score (nSPS) is 18.7. The highest BCUT2D eigenvalue weighted by atomic mass is 32.2. The Kier molecular flexibility index (Phi) is 8.00. The summed E-state index contributed by atoms with van der Waals surface area (Å²) in [5.74, 6) is 0. The molecular weight excluding hydrogens is 442 g/mol. The molecule has 0 N–H and O–H groups in total. The van der Waals surface area contributed by atoms with E-state index in [0.29, 0.717) is 13.2 Å². The van der Waals surface area contributed by atoms with Crippen molar-refractivity contribution in [2.75, 3.05) is 13.2 Å². The average molecular weight is 482 g/mol. The molecule has 33 heavy (non-hydrogen) atoms. The van der Waals surface area contributed by atoms with Gasteiger partial charge in [-0.3, -0.25) is 0 Å². The first-order valence-electron chi connectivity index (χ1n) is 11.8. The molecule has 178 valence electrons. The second-order valence-corrected chi connectivity index (χ2v) is 17.2. The van der Waals surface area contributed by atoms with E-state index >= 15 is 0 Å². The maximum absolute atomic E-state index is 13.2. The fourth-order valence-electron chi connectivity index (χ4n) is 4.78. The van der Waals surface area contributed by atoms with Crippen LogP contribution in [0, 0.1) is 0 Å². The van der Waals surface area contributed by atoms with Crippen molar-refractivity contribution in [1.82, 2.24) is 4.31 Å². The molecule has 1 aliphatic rings. The lowest BCUT2D eigenvalue weighted by Gasteiger charge is -2.43. The average Bonchev–Trinajstić information content (AvgIpc) is 3.18. The molecule has 0 unspecified atom stereocenters. The highest BCUT2D eigenvalue weighted by molar-refractivity contribution is 7.84. The second kappa shape index (κ2) is 10.2. The zero-order chi connectivity index (χ0) is 24.3. The molecule has 0 saturated heterocycles. The molecule has 0 radical (unpaired) electrons. The highest BCUT2D eigenvalue weighted by Gasteiger charge is 2.50. The third-order valence-electron chi connectivity index (χ3n) is 6.34. The van der Waals surface area contributed by atoms with Crippen molar-refractivity contribution in [3.63, 3.8) is 0 Å². The van der Waals surface area contributed by atoms with Gasteiger partial charge in [-0.1, -0.05) is 100 Å². The second-order valence-electron chi connectivity index (χ2n) is 10.7. The van der Waals surface area contributed by atoms with Crippen molar-refractivity contribution in [2.24, 2.45) is 0 Å². The van der Waals surface area contributed by atoms with Gasteiger partial charge in [-0.2, -0.15) is 0 Å². The summed E-state index contributed by atoms with van der Waals surface area (Å²) in [6, 6.07) is 21.5. The van der Waals surface area contributed by atoms with Crippen molar-refractivity contribution >= 4 is 29.7 Å². The molecule has 0 saturated carbocycles. The van der Waals surface area contributed by atoms with Crippen molar-refractivity contribution < 1.29 is 8.63 Å². The minimum atomic E-state index is -2.58. The van der Waals surface area contributed by atoms with Gasteiger partial charge in [0.25, 0.3) is 8.32 Å². The van der Waals surface area contributed by atoms with Gasteiger partial charge in [0.05, 0.1) is 4.75 Å². The summed E-state index contributed by atoms with van der Waals surface area (Å²) in [7, 11) is -3.67. The van der Waals surface area contributed by atoms with Gasteiger partial charge < -0.3 is 4.43 Å². The summed E-state index contributed by atoms with van der Waals surface area (Å²) >= 11 is 0. The molecule has 2 aromatic rings. The first-order chi connectivity index (χ1) is 15.5. The number of benzene rings is 2. The van der Waals surface area contributed by atoms with Crippen LogP contribution in [0.5, 0.6) is 0 Å². The monoisotopic (exact) mass is 481 g/mol. The fraction of sp³-hybridized carbons (Fsp3) is 0.429. The van der Waals surface area contributed by atoms with Crippen LogP contribution in [-0.4, -0.2) is 40.8 Å². The molecular formula is C28H39NO2SSi. The quantitative estimate of drug-likeness (QED) is 0.484. The molecule has 2 atom stereocenters. The minimum absolute atomic E-state index is 0.0563. The van der Waals surface area contributed by atoms with Gasteiger partial charge in [-0.25, -0.2) is 8.51 Å². The lowest BCUT2D eigenvalue weighted by molar-refractivity contribution is 0.261. The van der Waals surface area contributed by atoms with E-state index in [0.717, 1.165) is 12.0 Å². The Labute approximate surface area is 204 Å². The first kappa shape index (κ1) is 25.8. The summed E-state index contributed by atoms with van der Waals surface area (Å²) in [5, 5.41) is 2.51. The van der Waals surface area contributed by atoms with E-state index in [9.17, 15) is 4.21 Å². The molecule has 1 heterocycles. The predicted octanol–water partition coefficient (Wildman–Crippen LogP) is 5.21. The van der Waals surface area contributed by atoms with Crippen LogP contribution < -0.4 is 10.4 Å². The Morgan fingerprint density at radius 3 is 1.94 bits per heavy atom. The number of hydrogen-bond acceptors (Lipinski definition) is 2. The lowest BCUT2D eigenvalue weighted by atomic mass is 10.1. The minimum Gasteiger partial charge on any atom is -0.407 e. The molecule has 0 aromatic heterocycles. The van der Waals surface area contributed by atoms with E-state index in [-0.39, 0.29) is 15.8 Å². The SMILES string of the molecule is C=CC1=CCN([S@](=O)C(C)(C)C)[C@@H]1CCO[Si](c1ccccc1)(c1ccccc1)C(C)(C)C. The molecule has 0 aliphatic carbocycles. The summed E-state index contributed by atoms with van der Waals surface area (Å²) in [6.07, 6.45) is 4.85. The third-order valence-corrected chi connectivity index (χ3v) is 13.3. The summed E-state index contributed by atoms with van der Waals surface area (Å²) < 4.78 is 22.1. The van der Waals surface area contributed by atoms with E-state index in [2.05, 4.69) is 98.4 Å². The van der Waals surface area contributed by atoms with Crippen molar-refractivity contribution in [1.29, 1.82) is 0 Å². The Morgan fingerprint density at radius 1 is 1.00 bits per heavy atom. The van der Waals surface area contributed by atoms with Gasteiger partial charge in [0.15, 0.2) is 0 Å². The fourth-order valence-corrected chi connectivity index (χ4v) is 10.7. The van der Waals surface area contributed by atoms with Crippen LogP contribution in [0.4, 0.5) is 0 Å². The Hall–Kier alpha value is -1.79. The van der Waals surface area contributed by atoms with Crippen LogP contribution in [0.2, 0.25) is 5.04 Å². The summed E-state index contributed by atoms with van der Waals surface area (Å²) in [4.78, 5) is 0. The molecule has 0 amide bonds. The number of rotatable bonds is 8.